The number of amides is 1. The van der Waals surface area contributed by atoms with Crippen molar-refractivity contribution >= 4 is 21.9 Å². The summed E-state index contributed by atoms with van der Waals surface area (Å²) >= 11 is 0. The molecule has 4 N–H and O–H groups in total. The fourth-order valence-corrected chi connectivity index (χ4v) is 3.86. The first-order valence-electron chi connectivity index (χ1n) is 8.62. The summed E-state index contributed by atoms with van der Waals surface area (Å²) in [4.78, 5) is 17.8. The molecule has 1 aromatic carbocycles. The van der Waals surface area contributed by atoms with E-state index in [1.54, 1.807) is 31.3 Å². The van der Waals surface area contributed by atoms with E-state index in [-0.39, 0.29) is 16.7 Å². The smallest absolute Gasteiger partial charge is 0.240 e. The lowest BCUT2D eigenvalue weighted by Crippen LogP contribution is -2.46. The maximum Gasteiger partial charge on any atom is 0.240 e. The van der Waals surface area contributed by atoms with E-state index in [4.69, 9.17) is 5.73 Å². The molecule has 1 aliphatic heterocycles. The van der Waals surface area contributed by atoms with Gasteiger partial charge >= 0.3 is 0 Å². The number of nitrogens with two attached hydrogens (primary N) is 1. The average Bonchev–Trinajstić information content (AvgIpc) is 2.62. The average molecular weight is 382 g/mol. The molecule has 0 bridgehead atoms. The maximum atomic E-state index is 11.8. The van der Waals surface area contributed by atoms with Crippen LogP contribution in [0.15, 0.2) is 34.2 Å². The number of primary amides is 1. The van der Waals surface area contributed by atoms with Crippen LogP contribution in [-0.2, 0) is 21.4 Å². The Morgan fingerprint density at radius 3 is 2.62 bits per heavy atom. The molecule has 0 spiro atoms. The summed E-state index contributed by atoms with van der Waals surface area (Å²) in [6, 6.07) is 6.71. The lowest BCUT2D eigenvalue weighted by molar-refractivity contribution is -0.119. The fourth-order valence-electron chi connectivity index (χ4n) is 3.13. The summed E-state index contributed by atoms with van der Waals surface area (Å²) in [6.45, 7) is 2.17. The molecule has 1 fully saturated rings. The third-order valence-corrected chi connectivity index (χ3v) is 5.90. The van der Waals surface area contributed by atoms with Crippen LogP contribution in [0.5, 0.6) is 0 Å². The van der Waals surface area contributed by atoms with Crippen molar-refractivity contribution in [2.24, 2.45) is 16.6 Å². The lowest BCUT2D eigenvalue weighted by Gasteiger charge is -2.34. The van der Waals surface area contributed by atoms with Crippen molar-refractivity contribution in [1.29, 1.82) is 0 Å². The summed E-state index contributed by atoms with van der Waals surface area (Å²) in [7, 11) is -0.312. The molecule has 1 atom stereocenters. The molecule has 0 aromatic heterocycles. The van der Waals surface area contributed by atoms with Crippen LogP contribution in [0.3, 0.4) is 0 Å². The van der Waals surface area contributed by atoms with Gasteiger partial charge in [0.15, 0.2) is 5.96 Å². The van der Waals surface area contributed by atoms with E-state index < -0.39 is 10.0 Å². The number of sulfonamides is 1. The Labute approximate surface area is 154 Å². The minimum atomic E-state index is -3.42. The predicted octanol–water partition coefficient (Wildman–Crippen LogP) is 0.258. The second-order valence-corrected chi connectivity index (χ2v) is 8.26. The number of carbonyl (C=O) groups is 1. The Hall–Kier alpha value is -2.13. The SMILES string of the molecule is CN=C(NCc1ccc(S(=O)(=O)NC)cc1)N1CCCC(CC(N)=O)C1. The van der Waals surface area contributed by atoms with Gasteiger partial charge in [0.1, 0.15) is 0 Å². The van der Waals surface area contributed by atoms with Gasteiger partial charge < -0.3 is 16.0 Å². The number of aliphatic imine (C=N–C) groups is 1. The topological polar surface area (TPSA) is 117 Å². The Kier molecular flexibility index (Phi) is 6.98. The molecule has 1 heterocycles. The normalized spacial score (nSPS) is 18.6. The number of rotatable bonds is 6. The van der Waals surface area contributed by atoms with E-state index in [0.717, 1.165) is 37.5 Å². The lowest BCUT2D eigenvalue weighted by atomic mass is 9.95. The molecule has 1 amide bonds. The summed E-state index contributed by atoms with van der Waals surface area (Å²) in [5.41, 5.74) is 6.27. The Morgan fingerprint density at radius 2 is 2.04 bits per heavy atom. The number of hydrogen-bond donors (Lipinski definition) is 3. The first kappa shape index (κ1) is 20.2. The van der Waals surface area contributed by atoms with Crippen molar-refractivity contribution in [3.8, 4) is 0 Å². The number of benzene rings is 1. The number of nitrogens with zero attached hydrogens (tertiary/aromatic N) is 2. The zero-order valence-corrected chi connectivity index (χ0v) is 16.1. The molecule has 1 aliphatic rings. The highest BCUT2D eigenvalue weighted by Gasteiger charge is 2.23. The first-order chi connectivity index (χ1) is 12.4. The van der Waals surface area contributed by atoms with Gasteiger partial charge in [0.2, 0.25) is 15.9 Å². The van der Waals surface area contributed by atoms with Crippen LogP contribution < -0.4 is 15.8 Å². The maximum absolute atomic E-state index is 11.8. The second kappa shape index (κ2) is 9.00. The second-order valence-electron chi connectivity index (χ2n) is 6.38. The highest BCUT2D eigenvalue weighted by Crippen LogP contribution is 2.19. The van der Waals surface area contributed by atoms with Crippen LogP contribution in [-0.4, -0.2) is 52.4 Å². The Balaban J connectivity index is 1.95. The quantitative estimate of drug-likeness (QED) is 0.483. The minimum Gasteiger partial charge on any atom is -0.370 e. The van der Waals surface area contributed by atoms with Crippen LogP contribution in [0.2, 0.25) is 0 Å². The molecule has 26 heavy (non-hydrogen) atoms. The monoisotopic (exact) mass is 381 g/mol. The number of carbonyl (C=O) groups excluding carboxylic acids is 1. The fraction of sp³-hybridized carbons (Fsp3) is 0.529. The summed E-state index contributed by atoms with van der Waals surface area (Å²) in [5, 5.41) is 3.30. The van der Waals surface area contributed by atoms with Gasteiger partial charge in [-0.15, -0.1) is 0 Å². The molecule has 0 radical (unpaired) electrons. The van der Waals surface area contributed by atoms with Crippen LogP contribution in [0.4, 0.5) is 0 Å². The molecule has 1 unspecified atom stereocenters. The van der Waals surface area contributed by atoms with Crippen LogP contribution in [0.25, 0.3) is 0 Å². The van der Waals surface area contributed by atoms with Crippen molar-refractivity contribution in [3.63, 3.8) is 0 Å². The zero-order valence-electron chi connectivity index (χ0n) is 15.2. The molecule has 0 aliphatic carbocycles. The van der Waals surface area contributed by atoms with Gasteiger partial charge in [-0.05, 0) is 43.5 Å². The van der Waals surface area contributed by atoms with Gasteiger partial charge in [-0.1, -0.05) is 12.1 Å². The molecule has 144 valence electrons. The van der Waals surface area contributed by atoms with Crippen molar-refractivity contribution in [1.82, 2.24) is 14.9 Å². The molecule has 2 rings (SSSR count). The van der Waals surface area contributed by atoms with E-state index in [1.165, 1.54) is 7.05 Å². The summed E-state index contributed by atoms with van der Waals surface area (Å²) in [5.74, 6) is 0.758. The van der Waals surface area contributed by atoms with Gasteiger partial charge in [0.05, 0.1) is 4.90 Å². The van der Waals surface area contributed by atoms with E-state index in [2.05, 4.69) is 19.9 Å². The third kappa shape index (κ3) is 5.43. The van der Waals surface area contributed by atoms with Gasteiger partial charge in [0.25, 0.3) is 0 Å². The van der Waals surface area contributed by atoms with E-state index >= 15 is 0 Å². The van der Waals surface area contributed by atoms with Crippen molar-refractivity contribution in [2.75, 3.05) is 27.2 Å². The molecule has 1 aromatic rings. The molecule has 0 saturated carbocycles. The first-order valence-corrected chi connectivity index (χ1v) is 10.1. The molecular weight excluding hydrogens is 354 g/mol. The largest absolute Gasteiger partial charge is 0.370 e. The zero-order chi connectivity index (χ0) is 19.2. The minimum absolute atomic E-state index is 0.235. The molecular formula is C17H27N5O3S. The van der Waals surface area contributed by atoms with Crippen molar-refractivity contribution < 1.29 is 13.2 Å². The van der Waals surface area contributed by atoms with Gasteiger partial charge in [0, 0.05) is 33.1 Å². The highest BCUT2D eigenvalue weighted by atomic mass is 32.2. The number of piperidine rings is 1. The number of nitrogens with one attached hydrogen (secondary N) is 2. The molecule has 9 heteroatoms. The number of likely N-dealkylation sites (tertiary alicyclic amines) is 1. The number of guanidine groups is 1. The standard InChI is InChI=1S/C17H27N5O3S/c1-19-17(22-9-3-4-14(12-22)10-16(18)23)21-11-13-5-7-15(8-6-13)26(24,25)20-2/h5-8,14,20H,3-4,9-12H2,1-2H3,(H2,18,23)(H,19,21). The Bertz CT molecular complexity index is 746. The summed E-state index contributed by atoms with van der Waals surface area (Å²) in [6.07, 6.45) is 2.39. The highest BCUT2D eigenvalue weighted by molar-refractivity contribution is 7.89. The van der Waals surface area contributed by atoms with E-state index in [1.807, 2.05) is 0 Å². The van der Waals surface area contributed by atoms with Gasteiger partial charge in [-0.3, -0.25) is 9.79 Å². The van der Waals surface area contributed by atoms with Crippen molar-refractivity contribution in [3.05, 3.63) is 29.8 Å². The molecule has 1 saturated heterocycles. The van der Waals surface area contributed by atoms with Gasteiger partial charge in [-0.2, -0.15) is 0 Å². The van der Waals surface area contributed by atoms with Crippen LogP contribution in [0.1, 0.15) is 24.8 Å². The predicted molar refractivity (Wildman–Crippen MR) is 101 cm³/mol. The van der Waals surface area contributed by atoms with Crippen LogP contribution in [0, 0.1) is 5.92 Å². The number of hydrogen-bond acceptors (Lipinski definition) is 4. The van der Waals surface area contributed by atoms with E-state index in [9.17, 15) is 13.2 Å². The Morgan fingerprint density at radius 1 is 1.35 bits per heavy atom. The molecule has 8 nitrogen and oxygen atoms in total. The van der Waals surface area contributed by atoms with Crippen LogP contribution >= 0.6 is 0 Å². The van der Waals surface area contributed by atoms with Gasteiger partial charge in [-0.25, -0.2) is 13.1 Å². The van der Waals surface area contributed by atoms with Crippen molar-refractivity contribution in [2.45, 2.75) is 30.7 Å². The third-order valence-electron chi connectivity index (χ3n) is 4.47. The summed E-state index contributed by atoms with van der Waals surface area (Å²) < 4.78 is 25.8. The van der Waals surface area contributed by atoms with E-state index in [0.29, 0.717) is 13.0 Å².